The van der Waals surface area contributed by atoms with E-state index in [9.17, 15) is 9.59 Å². The summed E-state index contributed by atoms with van der Waals surface area (Å²) in [5.41, 5.74) is 1.51. The highest BCUT2D eigenvalue weighted by Crippen LogP contribution is 2.40. The molecule has 3 heterocycles. The molecule has 1 N–H and O–H groups in total. The first-order valence-corrected chi connectivity index (χ1v) is 12.3. The predicted molar refractivity (Wildman–Crippen MR) is 123 cm³/mol. The second-order valence-corrected chi connectivity index (χ2v) is 10.2. The Labute approximate surface area is 195 Å². The number of esters is 1. The lowest BCUT2D eigenvalue weighted by Gasteiger charge is -2.18. The summed E-state index contributed by atoms with van der Waals surface area (Å²) in [6, 6.07) is 3.58. The number of thioether (sulfide) groups is 1. The van der Waals surface area contributed by atoms with Gasteiger partial charge in [-0.1, -0.05) is 18.7 Å². The van der Waals surface area contributed by atoms with Gasteiger partial charge in [-0.25, -0.2) is 4.79 Å². The van der Waals surface area contributed by atoms with Crippen molar-refractivity contribution >= 4 is 55.9 Å². The fourth-order valence-corrected chi connectivity index (χ4v) is 5.97. The molecule has 31 heavy (non-hydrogen) atoms. The lowest BCUT2D eigenvalue weighted by molar-refractivity contribution is -0.113. The van der Waals surface area contributed by atoms with Crippen LogP contribution in [0, 0.1) is 5.92 Å². The topological polar surface area (TPSA) is 99.2 Å². The number of aromatic nitrogens is 3. The SMILES string of the molecule is COC(=O)c1c(NC(=O)CSc2nnc(-c3ccc(Br)o3)n2C)sc2c1CCC(C)C2. The molecule has 0 bridgehead atoms. The van der Waals surface area contributed by atoms with E-state index in [4.69, 9.17) is 9.15 Å². The Kier molecular flexibility index (Phi) is 6.54. The fraction of sp³-hybridized carbons (Fsp3) is 0.400. The summed E-state index contributed by atoms with van der Waals surface area (Å²) < 4.78 is 12.9. The molecule has 0 saturated heterocycles. The molecule has 0 aliphatic heterocycles. The van der Waals surface area contributed by atoms with Gasteiger partial charge in [0.1, 0.15) is 5.00 Å². The molecule has 0 aromatic carbocycles. The van der Waals surface area contributed by atoms with Gasteiger partial charge in [-0.3, -0.25) is 4.79 Å². The van der Waals surface area contributed by atoms with Crippen LogP contribution in [0.2, 0.25) is 0 Å². The number of hydrogen-bond donors (Lipinski definition) is 1. The van der Waals surface area contributed by atoms with Gasteiger partial charge in [0, 0.05) is 11.9 Å². The van der Waals surface area contributed by atoms with Crippen molar-refractivity contribution < 1.29 is 18.7 Å². The number of nitrogens with zero attached hydrogens (tertiary/aromatic N) is 3. The van der Waals surface area contributed by atoms with Gasteiger partial charge in [-0.05, 0) is 58.8 Å². The van der Waals surface area contributed by atoms with Crippen LogP contribution in [-0.2, 0) is 29.4 Å². The van der Waals surface area contributed by atoms with Crippen LogP contribution in [-0.4, -0.2) is 39.5 Å². The monoisotopic (exact) mass is 524 g/mol. The van der Waals surface area contributed by atoms with E-state index < -0.39 is 5.97 Å². The molecule has 0 fully saturated rings. The summed E-state index contributed by atoms with van der Waals surface area (Å²) in [7, 11) is 3.18. The van der Waals surface area contributed by atoms with E-state index in [2.05, 4.69) is 38.4 Å². The van der Waals surface area contributed by atoms with Gasteiger partial charge < -0.3 is 19.0 Å². The van der Waals surface area contributed by atoms with Crippen molar-refractivity contribution in [3.63, 3.8) is 0 Å². The Bertz CT molecular complexity index is 1140. The van der Waals surface area contributed by atoms with Gasteiger partial charge in [0.25, 0.3) is 0 Å². The molecule has 1 atom stereocenters. The molecule has 3 aromatic rings. The first-order chi connectivity index (χ1) is 14.9. The number of furan rings is 1. The van der Waals surface area contributed by atoms with Crippen molar-refractivity contribution in [2.24, 2.45) is 13.0 Å². The van der Waals surface area contributed by atoms with Crippen molar-refractivity contribution in [1.29, 1.82) is 0 Å². The van der Waals surface area contributed by atoms with Crippen LogP contribution in [0.1, 0.15) is 34.1 Å². The lowest BCUT2D eigenvalue weighted by Crippen LogP contribution is -2.17. The number of amides is 1. The Hall–Kier alpha value is -2.11. The molecule has 8 nitrogen and oxygen atoms in total. The number of rotatable bonds is 6. The van der Waals surface area contributed by atoms with Gasteiger partial charge in [0.15, 0.2) is 21.4 Å². The second kappa shape index (κ2) is 9.17. The minimum Gasteiger partial charge on any atom is -0.465 e. The molecule has 4 rings (SSSR count). The normalized spacial score (nSPS) is 15.5. The third kappa shape index (κ3) is 4.58. The molecule has 1 amide bonds. The minimum atomic E-state index is -0.405. The van der Waals surface area contributed by atoms with Crippen molar-refractivity contribution in [2.75, 3.05) is 18.2 Å². The van der Waals surface area contributed by atoms with E-state index in [1.54, 1.807) is 16.7 Å². The van der Waals surface area contributed by atoms with Crippen molar-refractivity contribution in [3.8, 4) is 11.6 Å². The number of anilines is 1. The van der Waals surface area contributed by atoms with E-state index in [0.717, 1.165) is 29.7 Å². The molecule has 3 aromatic heterocycles. The number of thiophene rings is 1. The van der Waals surface area contributed by atoms with Gasteiger partial charge >= 0.3 is 5.97 Å². The Morgan fingerprint density at radius 3 is 2.94 bits per heavy atom. The predicted octanol–water partition coefficient (Wildman–Crippen LogP) is 4.54. The zero-order chi connectivity index (χ0) is 22.1. The highest BCUT2D eigenvalue weighted by Gasteiger charge is 2.29. The van der Waals surface area contributed by atoms with E-state index in [1.165, 1.54) is 30.2 Å². The maximum absolute atomic E-state index is 12.7. The molecule has 11 heteroatoms. The first kappa shape index (κ1) is 22.1. The second-order valence-electron chi connectivity index (χ2n) is 7.35. The summed E-state index contributed by atoms with van der Waals surface area (Å²) >= 11 is 6.01. The minimum absolute atomic E-state index is 0.132. The number of methoxy groups -OCH3 is 1. The highest BCUT2D eigenvalue weighted by molar-refractivity contribution is 9.10. The summed E-state index contributed by atoms with van der Waals surface area (Å²) in [5, 5.41) is 12.4. The summed E-state index contributed by atoms with van der Waals surface area (Å²) in [5.74, 6) is 1.23. The largest absolute Gasteiger partial charge is 0.465 e. The Morgan fingerprint density at radius 1 is 1.42 bits per heavy atom. The van der Waals surface area contributed by atoms with Crippen LogP contribution in [0.25, 0.3) is 11.6 Å². The number of carbonyl (C=O) groups is 2. The van der Waals surface area contributed by atoms with Gasteiger partial charge in [-0.2, -0.15) is 0 Å². The molecule has 0 radical (unpaired) electrons. The zero-order valence-electron chi connectivity index (χ0n) is 17.2. The molecule has 1 aliphatic carbocycles. The number of halogens is 1. The van der Waals surface area contributed by atoms with Crippen molar-refractivity contribution in [3.05, 3.63) is 32.8 Å². The molecule has 164 valence electrons. The van der Waals surface area contributed by atoms with E-state index in [0.29, 0.717) is 37.9 Å². The average molecular weight is 525 g/mol. The van der Waals surface area contributed by atoms with Crippen LogP contribution in [0.5, 0.6) is 0 Å². The third-order valence-corrected chi connectivity index (χ3v) is 7.73. The van der Waals surface area contributed by atoms with Gasteiger partial charge in [-0.15, -0.1) is 21.5 Å². The van der Waals surface area contributed by atoms with Crippen LogP contribution in [0.4, 0.5) is 5.00 Å². The summed E-state index contributed by atoms with van der Waals surface area (Å²) in [6.07, 6.45) is 2.77. The molecule has 1 unspecified atom stereocenters. The first-order valence-electron chi connectivity index (χ1n) is 9.68. The van der Waals surface area contributed by atoms with Crippen molar-refractivity contribution in [1.82, 2.24) is 14.8 Å². The molecule has 0 spiro atoms. The number of nitrogens with one attached hydrogen (secondary N) is 1. The van der Waals surface area contributed by atoms with Crippen LogP contribution < -0.4 is 5.32 Å². The van der Waals surface area contributed by atoms with E-state index >= 15 is 0 Å². The number of ether oxygens (including phenoxy) is 1. The summed E-state index contributed by atoms with van der Waals surface area (Å²) in [4.78, 5) is 26.2. The number of hydrogen-bond acceptors (Lipinski definition) is 8. The number of carbonyl (C=O) groups excluding carboxylic acids is 2. The number of fused-ring (bicyclic) bond motifs is 1. The van der Waals surface area contributed by atoms with Gasteiger partial charge in [0.05, 0.1) is 18.4 Å². The Balaban J connectivity index is 1.46. The quantitative estimate of drug-likeness (QED) is 0.373. The average Bonchev–Trinajstić information content (AvgIpc) is 3.42. The summed E-state index contributed by atoms with van der Waals surface area (Å²) in [6.45, 7) is 2.20. The van der Waals surface area contributed by atoms with Crippen LogP contribution in [0.3, 0.4) is 0 Å². The van der Waals surface area contributed by atoms with E-state index in [-0.39, 0.29) is 11.7 Å². The van der Waals surface area contributed by atoms with Crippen molar-refractivity contribution in [2.45, 2.75) is 31.3 Å². The van der Waals surface area contributed by atoms with Gasteiger partial charge in [0.2, 0.25) is 5.91 Å². The zero-order valence-corrected chi connectivity index (χ0v) is 20.4. The molecular weight excluding hydrogens is 504 g/mol. The maximum atomic E-state index is 12.7. The van der Waals surface area contributed by atoms with Crippen LogP contribution in [0.15, 0.2) is 26.4 Å². The highest BCUT2D eigenvalue weighted by atomic mass is 79.9. The lowest BCUT2D eigenvalue weighted by atomic mass is 9.88. The smallest absolute Gasteiger partial charge is 0.341 e. The maximum Gasteiger partial charge on any atom is 0.341 e. The Morgan fingerprint density at radius 2 is 2.23 bits per heavy atom. The fourth-order valence-electron chi connectivity index (χ4n) is 3.54. The third-order valence-electron chi connectivity index (χ3n) is 5.12. The molecule has 0 saturated carbocycles. The molecular formula is C20H21BrN4O4S2. The standard InChI is InChI=1S/C20H21BrN4O4S2/c1-10-4-5-11-13(8-10)31-18(16(11)19(27)28-3)22-15(26)9-30-20-24-23-17(25(20)2)12-6-7-14(21)29-12/h6-7,10H,4-5,8-9H2,1-3H3,(H,22,26). The van der Waals surface area contributed by atoms with Crippen LogP contribution >= 0.6 is 39.0 Å². The molecule has 1 aliphatic rings. The van der Waals surface area contributed by atoms with E-state index in [1.807, 2.05) is 7.05 Å².